The fraction of sp³-hybridized carbons (Fsp3) is 0.455. The van der Waals surface area contributed by atoms with E-state index in [4.69, 9.17) is 4.74 Å². The molecule has 0 saturated heterocycles. The lowest BCUT2D eigenvalue weighted by Gasteiger charge is -2.39. The predicted octanol–water partition coefficient (Wildman–Crippen LogP) is 4.24. The van der Waals surface area contributed by atoms with Crippen molar-refractivity contribution in [2.24, 2.45) is 5.41 Å². The first-order chi connectivity index (χ1) is 12.4. The second-order valence-corrected chi connectivity index (χ2v) is 7.77. The van der Waals surface area contributed by atoms with Crippen molar-refractivity contribution in [3.8, 4) is 0 Å². The lowest BCUT2D eigenvalue weighted by molar-refractivity contribution is -0.138. The van der Waals surface area contributed by atoms with E-state index in [2.05, 4.69) is 19.2 Å². The first kappa shape index (κ1) is 18.4. The lowest BCUT2D eigenvalue weighted by Crippen LogP contribution is -2.39. The van der Waals surface area contributed by atoms with E-state index in [-0.39, 0.29) is 23.1 Å². The van der Waals surface area contributed by atoms with Crippen LogP contribution in [0.1, 0.15) is 58.4 Å². The first-order valence-corrected chi connectivity index (χ1v) is 9.36. The van der Waals surface area contributed by atoms with E-state index in [1.165, 1.54) is 0 Å². The van der Waals surface area contributed by atoms with Crippen LogP contribution in [-0.4, -0.2) is 18.4 Å². The van der Waals surface area contributed by atoms with Crippen molar-refractivity contribution in [2.45, 2.75) is 52.9 Å². The Bertz CT molecular complexity index is 787. The van der Waals surface area contributed by atoms with Crippen molar-refractivity contribution in [3.05, 3.63) is 58.4 Å². The van der Waals surface area contributed by atoms with Crippen molar-refractivity contribution >= 4 is 11.8 Å². The summed E-state index contributed by atoms with van der Waals surface area (Å²) in [6, 6.07) is 9.81. The molecule has 4 nitrogen and oxygen atoms in total. The summed E-state index contributed by atoms with van der Waals surface area (Å²) in [5.74, 6) is -0.575. The van der Waals surface area contributed by atoms with Crippen LogP contribution in [0.5, 0.6) is 0 Å². The number of hydrogen-bond acceptors (Lipinski definition) is 4. The third-order valence-electron chi connectivity index (χ3n) is 5.11. The number of carbonyl (C=O) groups excluding carboxylic acids is 2. The van der Waals surface area contributed by atoms with Gasteiger partial charge in [0, 0.05) is 29.3 Å². The fourth-order valence-electron chi connectivity index (χ4n) is 4.06. The zero-order valence-corrected chi connectivity index (χ0v) is 16.0. The van der Waals surface area contributed by atoms with Gasteiger partial charge >= 0.3 is 5.97 Å². The number of dihydropyridines is 1. The molecule has 0 saturated carbocycles. The number of hydrogen-bond donors (Lipinski definition) is 1. The van der Waals surface area contributed by atoms with Crippen LogP contribution in [0.2, 0.25) is 0 Å². The molecular weight excluding hydrogens is 326 g/mol. The summed E-state index contributed by atoms with van der Waals surface area (Å²) >= 11 is 0. The summed E-state index contributed by atoms with van der Waals surface area (Å²) in [5, 5.41) is 3.42. The molecule has 0 unspecified atom stereocenters. The summed E-state index contributed by atoms with van der Waals surface area (Å²) in [5.41, 5.74) is 4.02. The summed E-state index contributed by atoms with van der Waals surface area (Å²) in [4.78, 5) is 25.9. The maximum atomic E-state index is 13.1. The minimum atomic E-state index is -0.356. The summed E-state index contributed by atoms with van der Waals surface area (Å²) in [6.07, 6.45) is 1.98. The highest BCUT2D eigenvalue weighted by Crippen LogP contribution is 2.47. The molecule has 138 valence electrons. The molecule has 0 bridgehead atoms. The summed E-state index contributed by atoms with van der Waals surface area (Å²) in [6.45, 7) is 8.36. The fourth-order valence-corrected chi connectivity index (χ4v) is 4.06. The molecule has 0 fully saturated rings. The van der Waals surface area contributed by atoms with E-state index in [0.29, 0.717) is 25.0 Å². The number of ether oxygens (including phenoxy) is 1. The van der Waals surface area contributed by atoms with E-state index in [9.17, 15) is 9.59 Å². The predicted molar refractivity (Wildman–Crippen MR) is 101 cm³/mol. The minimum absolute atomic E-state index is 0.0789. The molecule has 1 aromatic rings. The van der Waals surface area contributed by atoms with Crippen molar-refractivity contribution in [1.29, 1.82) is 0 Å². The van der Waals surface area contributed by atoms with Gasteiger partial charge in [-0.15, -0.1) is 0 Å². The Balaban J connectivity index is 2.19. The Morgan fingerprint density at radius 3 is 2.50 bits per heavy atom. The van der Waals surface area contributed by atoms with Crippen molar-refractivity contribution < 1.29 is 14.3 Å². The Kier molecular flexibility index (Phi) is 5.03. The Morgan fingerprint density at radius 2 is 1.88 bits per heavy atom. The molecule has 3 rings (SSSR count). The topological polar surface area (TPSA) is 55.4 Å². The number of nitrogens with one attached hydrogen (secondary N) is 1. The number of rotatable bonds is 4. The second kappa shape index (κ2) is 7.10. The van der Waals surface area contributed by atoms with Crippen LogP contribution in [0.4, 0.5) is 0 Å². The highest BCUT2D eigenvalue weighted by Gasteiger charge is 2.43. The standard InChI is InChI=1S/C22H27NO3/c1-5-15-20(21(25)26-6-2)18(14-10-8-7-9-11-14)19-16(23-15)12-22(3,4)13-17(19)24/h7-11,18,23H,5-6,12-13H2,1-4H3/t18-/m0/s1. The van der Waals surface area contributed by atoms with Gasteiger partial charge in [0.25, 0.3) is 0 Å². The van der Waals surface area contributed by atoms with Crippen molar-refractivity contribution in [3.63, 3.8) is 0 Å². The molecule has 1 heterocycles. The maximum absolute atomic E-state index is 13.1. The zero-order valence-electron chi connectivity index (χ0n) is 16.0. The summed E-state index contributed by atoms with van der Waals surface area (Å²) < 4.78 is 5.35. The normalized spacial score (nSPS) is 22.0. The van der Waals surface area contributed by atoms with Crippen LogP contribution in [0, 0.1) is 5.41 Å². The number of benzene rings is 1. The first-order valence-electron chi connectivity index (χ1n) is 9.36. The molecule has 1 N–H and O–H groups in total. The Labute approximate surface area is 155 Å². The third kappa shape index (κ3) is 3.33. The molecule has 0 aromatic heterocycles. The highest BCUT2D eigenvalue weighted by molar-refractivity contribution is 6.04. The van der Waals surface area contributed by atoms with Crippen molar-refractivity contribution in [2.75, 3.05) is 6.61 Å². The third-order valence-corrected chi connectivity index (χ3v) is 5.11. The highest BCUT2D eigenvalue weighted by atomic mass is 16.5. The lowest BCUT2D eigenvalue weighted by atomic mass is 9.68. The van der Waals surface area contributed by atoms with Gasteiger partial charge in [-0.2, -0.15) is 0 Å². The quantitative estimate of drug-likeness (QED) is 0.823. The average Bonchev–Trinajstić information content (AvgIpc) is 2.59. The SMILES string of the molecule is CCOC(=O)C1=C(CC)NC2=C(C(=O)CC(C)(C)C2)[C@@H]1c1ccccc1. The van der Waals surface area contributed by atoms with E-state index in [1.807, 2.05) is 37.3 Å². The number of carbonyl (C=O) groups is 2. The van der Waals surface area contributed by atoms with Crippen LogP contribution in [-0.2, 0) is 14.3 Å². The number of Topliss-reactive ketones (excluding diaryl/α,β-unsaturated/α-hetero) is 1. The van der Waals surface area contributed by atoms with E-state index >= 15 is 0 Å². The molecule has 0 amide bonds. The van der Waals surface area contributed by atoms with Gasteiger partial charge in [0.15, 0.2) is 5.78 Å². The van der Waals surface area contributed by atoms with Gasteiger partial charge in [-0.3, -0.25) is 4.79 Å². The van der Waals surface area contributed by atoms with Gasteiger partial charge in [0.05, 0.1) is 12.2 Å². The van der Waals surface area contributed by atoms with Crippen LogP contribution in [0.3, 0.4) is 0 Å². The minimum Gasteiger partial charge on any atom is -0.463 e. The van der Waals surface area contributed by atoms with Crippen LogP contribution < -0.4 is 5.32 Å². The van der Waals surface area contributed by atoms with Crippen LogP contribution >= 0.6 is 0 Å². The molecule has 1 aliphatic carbocycles. The molecule has 2 aliphatic rings. The molecule has 1 atom stereocenters. The second-order valence-electron chi connectivity index (χ2n) is 7.77. The van der Waals surface area contributed by atoms with Crippen LogP contribution in [0.15, 0.2) is 52.9 Å². The van der Waals surface area contributed by atoms with Gasteiger partial charge in [-0.1, -0.05) is 51.1 Å². The largest absolute Gasteiger partial charge is 0.463 e. The molecule has 0 spiro atoms. The van der Waals surface area contributed by atoms with E-state index in [1.54, 1.807) is 6.92 Å². The van der Waals surface area contributed by atoms with Crippen LogP contribution in [0.25, 0.3) is 0 Å². The van der Waals surface area contributed by atoms with Gasteiger partial charge in [-0.05, 0) is 30.7 Å². The molecule has 4 heteroatoms. The van der Waals surface area contributed by atoms with Gasteiger partial charge < -0.3 is 10.1 Å². The van der Waals surface area contributed by atoms with Gasteiger partial charge in [-0.25, -0.2) is 4.79 Å². The Morgan fingerprint density at radius 1 is 1.19 bits per heavy atom. The maximum Gasteiger partial charge on any atom is 0.336 e. The Hall–Kier alpha value is -2.36. The number of ketones is 1. The summed E-state index contributed by atoms with van der Waals surface area (Å²) in [7, 11) is 0. The molecular formula is C22H27NO3. The molecule has 1 aromatic carbocycles. The number of esters is 1. The molecule has 0 radical (unpaired) electrons. The number of allylic oxidation sites excluding steroid dienone is 3. The molecule has 26 heavy (non-hydrogen) atoms. The molecule has 1 aliphatic heterocycles. The van der Waals surface area contributed by atoms with E-state index < -0.39 is 0 Å². The van der Waals surface area contributed by atoms with Gasteiger partial charge in [0.2, 0.25) is 0 Å². The monoisotopic (exact) mass is 353 g/mol. The average molecular weight is 353 g/mol. The van der Waals surface area contributed by atoms with Gasteiger partial charge in [0.1, 0.15) is 0 Å². The smallest absolute Gasteiger partial charge is 0.336 e. The van der Waals surface area contributed by atoms with E-state index in [0.717, 1.165) is 29.0 Å². The zero-order chi connectivity index (χ0) is 18.9. The van der Waals surface area contributed by atoms with Crippen molar-refractivity contribution in [1.82, 2.24) is 5.32 Å².